The summed E-state index contributed by atoms with van der Waals surface area (Å²) in [4.78, 5) is 8.87. The minimum Gasteiger partial charge on any atom is -0.382 e. The molecule has 4 nitrogen and oxygen atoms in total. The Labute approximate surface area is 132 Å². The molecular weight excluding hydrogens is 274 g/mol. The molecular formula is C18H25N3O. The third-order valence-electron chi connectivity index (χ3n) is 4.33. The molecule has 0 bridgehead atoms. The molecule has 22 heavy (non-hydrogen) atoms. The zero-order valence-corrected chi connectivity index (χ0v) is 13.5. The summed E-state index contributed by atoms with van der Waals surface area (Å²) in [6.45, 7) is 5.05. The van der Waals surface area contributed by atoms with Gasteiger partial charge in [0.05, 0.1) is 6.10 Å². The van der Waals surface area contributed by atoms with E-state index >= 15 is 0 Å². The number of nitrogens with zero attached hydrogens (tertiary/aromatic N) is 2. The summed E-state index contributed by atoms with van der Waals surface area (Å²) in [7, 11) is 0. The van der Waals surface area contributed by atoms with Gasteiger partial charge >= 0.3 is 0 Å². The van der Waals surface area contributed by atoms with Crippen LogP contribution in [0.25, 0.3) is 11.0 Å². The maximum atomic E-state index is 5.87. The molecule has 4 heteroatoms. The number of pyridine rings is 2. The summed E-state index contributed by atoms with van der Waals surface area (Å²) in [5, 5.41) is 4.79. The Morgan fingerprint density at radius 2 is 2.00 bits per heavy atom. The molecule has 0 radical (unpaired) electrons. The Balaban J connectivity index is 1.65. The van der Waals surface area contributed by atoms with E-state index in [0.29, 0.717) is 12.1 Å². The number of aryl methyl sites for hydroxylation is 1. The molecule has 0 spiro atoms. The van der Waals surface area contributed by atoms with E-state index in [0.717, 1.165) is 61.1 Å². The van der Waals surface area contributed by atoms with Crippen molar-refractivity contribution in [2.75, 3.05) is 11.9 Å². The first-order chi connectivity index (χ1) is 10.8. The molecule has 2 aromatic rings. The van der Waals surface area contributed by atoms with Gasteiger partial charge in [-0.25, -0.2) is 9.97 Å². The standard InChI is InChI=1S/C18H25N3O/c1-3-12-22-15-7-5-14(6-8-15)21-17-10-11-19-18-16(17)9-4-13(2)20-18/h4,9-11,14-15H,3,5-8,12H2,1-2H3,(H,19,20,21). The summed E-state index contributed by atoms with van der Waals surface area (Å²) in [6, 6.07) is 6.74. The fourth-order valence-electron chi connectivity index (χ4n) is 3.13. The zero-order valence-electron chi connectivity index (χ0n) is 13.5. The van der Waals surface area contributed by atoms with Gasteiger partial charge in [0, 0.05) is 35.6 Å². The molecule has 0 aromatic carbocycles. The van der Waals surface area contributed by atoms with E-state index in [9.17, 15) is 0 Å². The van der Waals surface area contributed by atoms with Gasteiger partial charge in [0.2, 0.25) is 0 Å². The smallest absolute Gasteiger partial charge is 0.161 e. The van der Waals surface area contributed by atoms with E-state index in [2.05, 4.69) is 34.3 Å². The van der Waals surface area contributed by atoms with Crippen molar-refractivity contribution in [1.82, 2.24) is 9.97 Å². The third kappa shape index (κ3) is 3.55. The van der Waals surface area contributed by atoms with Crippen molar-refractivity contribution < 1.29 is 4.74 Å². The van der Waals surface area contributed by atoms with Gasteiger partial charge in [0.1, 0.15) is 0 Å². The van der Waals surface area contributed by atoms with Gasteiger partial charge in [-0.1, -0.05) is 6.92 Å². The van der Waals surface area contributed by atoms with Gasteiger partial charge in [-0.3, -0.25) is 0 Å². The lowest BCUT2D eigenvalue weighted by molar-refractivity contribution is 0.0269. The molecule has 0 amide bonds. The molecule has 1 N–H and O–H groups in total. The highest BCUT2D eigenvalue weighted by molar-refractivity contribution is 5.88. The van der Waals surface area contributed by atoms with Crippen LogP contribution >= 0.6 is 0 Å². The first kappa shape index (κ1) is 15.2. The molecule has 118 valence electrons. The minimum absolute atomic E-state index is 0.455. The van der Waals surface area contributed by atoms with Crippen LogP contribution in [0.3, 0.4) is 0 Å². The first-order valence-corrected chi connectivity index (χ1v) is 8.36. The number of rotatable bonds is 5. The van der Waals surface area contributed by atoms with E-state index < -0.39 is 0 Å². The Hall–Kier alpha value is -1.68. The van der Waals surface area contributed by atoms with Crippen LogP contribution in [-0.2, 0) is 4.74 Å². The minimum atomic E-state index is 0.455. The monoisotopic (exact) mass is 299 g/mol. The van der Waals surface area contributed by atoms with Crippen LogP contribution in [0.5, 0.6) is 0 Å². The molecule has 1 saturated carbocycles. The zero-order chi connectivity index (χ0) is 15.4. The van der Waals surface area contributed by atoms with E-state index in [1.807, 2.05) is 19.2 Å². The van der Waals surface area contributed by atoms with E-state index in [-0.39, 0.29) is 0 Å². The normalized spacial score (nSPS) is 21.9. The topological polar surface area (TPSA) is 47.0 Å². The highest BCUT2D eigenvalue weighted by Gasteiger charge is 2.21. The second-order valence-electron chi connectivity index (χ2n) is 6.17. The van der Waals surface area contributed by atoms with Crippen molar-refractivity contribution in [3.05, 3.63) is 30.1 Å². The van der Waals surface area contributed by atoms with Gasteiger partial charge in [-0.2, -0.15) is 0 Å². The molecule has 0 saturated heterocycles. The van der Waals surface area contributed by atoms with Crippen LogP contribution in [0.2, 0.25) is 0 Å². The second kappa shape index (κ2) is 7.05. The Morgan fingerprint density at radius 3 is 2.77 bits per heavy atom. The summed E-state index contributed by atoms with van der Waals surface area (Å²) >= 11 is 0. The molecule has 2 heterocycles. The molecule has 1 fully saturated rings. The number of aromatic nitrogens is 2. The first-order valence-electron chi connectivity index (χ1n) is 8.36. The lowest BCUT2D eigenvalue weighted by Crippen LogP contribution is -2.30. The fourth-order valence-corrected chi connectivity index (χ4v) is 3.13. The largest absolute Gasteiger partial charge is 0.382 e. The van der Waals surface area contributed by atoms with Crippen molar-refractivity contribution in [2.45, 2.75) is 58.1 Å². The van der Waals surface area contributed by atoms with Crippen molar-refractivity contribution in [1.29, 1.82) is 0 Å². The molecule has 3 rings (SSSR count). The average molecular weight is 299 g/mol. The van der Waals surface area contributed by atoms with Crippen LogP contribution in [-0.4, -0.2) is 28.7 Å². The van der Waals surface area contributed by atoms with Gasteiger partial charge in [-0.05, 0) is 57.2 Å². The Morgan fingerprint density at radius 1 is 1.18 bits per heavy atom. The molecule has 1 aliphatic rings. The van der Waals surface area contributed by atoms with Crippen LogP contribution < -0.4 is 5.32 Å². The molecule has 0 unspecified atom stereocenters. The SMILES string of the molecule is CCCOC1CCC(Nc2ccnc3nc(C)ccc23)CC1. The van der Waals surface area contributed by atoms with Crippen molar-refractivity contribution in [2.24, 2.45) is 0 Å². The van der Waals surface area contributed by atoms with Gasteiger partial charge in [0.25, 0.3) is 0 Å². The predicted molar refractivity (Wildman–Crippen MR) is 90.2 cm³/mol. The quantitative estimate of drug-likeness (QED) is 0.903. The lowest BCUT2D eigenvalue weighted by atomic mass is 9.92. The number of ether oxygens (including phenoxy) is 1. The van der Waals surface area contributed by atoms with Crippen LogP contribution in [0.15, 0.2) is 24.4 Å². The average Bonchev–Trinajstić information content (AvgIpc) is 2.54. The van der Waals surface area contributed by atoms with Crippen molar-refractivity contribution in [3.63, 3.8) is 0 Å². The molecule has 1 aliphatic carbocycles. The van der Waals surface area contributed by atoms with E-state index in [4.69, 9.17) is 4.74 Å². The Bertz CT molecular complexity index is 621. The summed E-state index contributed by atoms with van der Waals surface area (Å²) in [5.74, 6) is 0. The van der Waals surface area contributed by atoms with Crippen LogP contribution in [0, 0.1) is 6.92 Å². The maximum Gasteiger partial charge on any atom is 0.161 e. The second-order valence-corrected chi connectivity index (χ2v) is 6.17. The van der Waals surface area contributed by atoms with Crippen molar-refractivity contribution >= 4 is 16.7 Å². The number of anilines is 1. The predicted octanol–water partition coefficient (Wildman–Crippen LogP) is 4.09. The van der Waals surface area contributed by atoms with Gasteiger partial charge in [0.15, 0.2) is 5.65 Å². The fraction of sp³-hybridized carbons (Fsp3) is 0.556. The molecule has 0 aliphatic heterocycles. The highest BCUT2D eigenvalue weighted by Crippen LogP contribution is 2.27. The summed E-state index contributed by atoms with van der Waals surface area (Å²) in [5.41, 5.74) is 2.98. The van der Waals surface area contributed by atoms with Gasteiger partial charge < -0.3 is 10.1 Å². The Kier molecular flexibility index (Phi) is 4.88. The third-order valence-corrected chi connectivity index (χ3v) is 4.33. The van der Waals surface area contributed by atoms with Crippen LogP contribution in [0.4, 0.5) is 5.69 Å². The number of hydrogen-bond donors (Lipinski definition) is 1. The maximum absolute atomic E-state index is 5.87. The van der Waals surface area contributed by atoms with E-state index in [1.165, 1.54) is 0 Å². The van der Waals surface area contributed by atoms with Gasteiger partial charge in [-0.15, -0.1) is 0 Å². The molecule has 0 atom stereocenters. The number of nitrogens with one attached hydrogen (secondary N) is 1. The van der Waals surface area contributed by atoms with Crippen molar-refractivity contribution in [3.8, 4) is 0 Å². The summed E-state index contributed by atoms with van der Waals surface area (Å²) < 4.78 is 5.87. The summed E-state index contributed by atoms with van der Waals surface area (Å²) in [6.07, 6.45) is 8.03. The van der Waals surface area contributed by atoms with Crippen LogP contribution in [0.1, 0.15) is 44.7 Å². The highest BCUT2D eigenvalue weighted by atomic mass is 16.5. The number of fused-ring (bicyclic) bond motifs is 1. The molecule has 2 aromatic heterocycles. The van der Waals surface area contributed by atoms with E-state index in [1.54, 1.807) is 0 Å². The lowest BCUT2D eigenvalue weighted by Gasteiger charge is -2.30. The number of hydrogen-bond acceptors (Lipinski definition) is 4.